The van der Waals surface area contributed by atoms with Crippen LogP contribution in [0, 0.1) is 5.92 Å². The molecule has 0 radical (unpaired) electrons. The number of hydrogen-bond donors (Lipinski definition) is 0. The predicted octanol–water partition coefficient (Wildman–Crippen LogP) is 2.42. The van der Waals surface area contributed by atoms with E-state index in [0.29, 0.717) is 18.8 Å². The van der Waals surface area contributed by atoms with Crippen molar-refractivity contribution in [2.45, 2.75) is 39.0 Å². The third-order valence-corrected chi connectivity index (χ3v) is 4.24. The molecule has 6 nitrogen and oxygen atoms in total. The van der Waals surface area contributed by atoms with Gasteiger partial charge in [0.25, 0.3) is 12.2 Å². The van der Waals surface area contributed by atoms with E-state index >= 15 is 0 Å². The molecule has 1 aliphatic heterocycles. The standard InChI is InChI=1S/C15H19F2N5O/c1-9(2)14(23)21-5-3-10(4-6-21)11-7-12(13(16)17)22-15(20-11)18-8-19-22/h7-10,13H,3-6H2,1-2H3. The molecule has 8 heteroatoms. The maximum Gasteiger partial charge on any atom is 0.280 e. The van der Waals surface area contributed by atoms with E-state index in [9.17, 15) is 13.6 Å². The van der Waals surface area contributed by atoms with Crippen LogP contribution in [0.2, 0.25) is 0 Å². The van der Waals surface area contributed by atoms with Crippen molar-refractivity contribution in [3.63, 3.8) is 0 Å². The van der Waals surface area contributed by atoms with Crippen LogP contribution in [-0.4, -0.2) is 43.5 Å². The number of likely N-dealkylation sites (tertiary alicyclic amines) is 1. The zero-order chi connectivity index (χ0) is 16.6. The summed E-state index contributed by atoms with van der Waals surface area (Å²) >= 11 is 0. The van der Waals surface area contributed by atoms with Gasteiger partial charge in [0.2, 0.25) is 5.91 Å². The maximum atomic E-state index is 13.2. The quantitative estimate of drug-likeness (QED) is 0.870. The summed E-state index contributed by atoms with van der Waals surface area (Å²) < 4.78 is 27.5. The summed E-state index contributed by atoms with van der Waals surface area (Å²) in [5.41, 5.74) is 0.417. The lowest BCUT2D eigenvalue weighted by Crippen LogP contribution is -2.40. The number of halogens is 2. The van der Waals surface area contributed by atoms with Crippen LogP contribution >= 0.6 is 0 Å². The first kappa shape index (κ1) is 15.8. The number of carbonyl (C=O) groups is 1. The normalized spacial score (nSPS) is 16.7. The van der Waals surface area contributed by atoms with E-state index in [2.05, 4.69) is 15.1 Å². The number of alkyl halides is 2. The third kappa shape index (κ3) is 3.02. The molecule has 0 unspecified atom stereocenters. The van der Waals surface area contributed by atoms with Gasteiger partial charge >= 0.3 is 0 Å². The SMILES string of the molecule is CC(C)C(=O)N1CCC(c2cc(C(F)F)n3ncnc3n2)CC1. The van der Waals surface area contributed by atoms with Gasteiger partial charge in [-0.15, -0.1) is 0 Å². The van der Waals surface area contributed by atoms with Crippen LogP contribution in [0.25, 0.3) is 5.78 Å². The number of piperidine rings is 1. The molecule has 2 aromatic heterocycles. The lowest BCUT2D eigenvalue weighted by atomic mass is 9.92. The molecular formula is C15H19F2N5O. The molecule has 0 atom stereocenters. The van der Waals surface area contributed by atoms with Crippen LogP contribution in [0.15, 0.2) is 12.4 Å². The van der Waals surface area contributed by atoms with Crippen molar-refractivity contribution in [2.75, 3.05) is 13.1 Å². The average Bonchev–Trinajstić information content (AvgIpc) is 3.01. The van der Waals surface area contributed by atoms with Crippen LogP contribution < -0.4 is 0 Å². The Labute approximate surface area is 132 Å². The Bertz CT molecular complexity index is 707. The van der Waals surface area contributed by atoms with Gasteiger partial charge in [-0.3, -0.25) is 4.79 Å². The van der Waals surface area contributed by atoms with Crippen molar-refractivity contribution in [3.05, 3.63) is 23.8 Å². The topological polar surface area (TPSA) is 63.4 Å². The van der Waals surface area contributed by atoms with Crippen molar-refractivity contribution in [2.24, 2.45) is 5.92 Å². The van der Waals surface area contributed by atoms with Gasteiger partial charge in [-0.25, -0.2) is 13.8 Å². The predicted molar refractivity (Wildman–Crippen MR) is 79.1 cm³/mol. The van der Waals surface area contributed by atoms with E-state index in [0.717, 1.165) is 17.4 Å². The van der Waals surface area contributed by atoms with Gasteiger partial charge in [0.1, 0.15) is 12.0 Å². The fraction of sp³-hybridized carbons (Fsp3) is 0.600. The van der Waals surface area contributed by atoms with E-state index < -0.39 is 6.43 Å². The number of aromatic nitrogens is 4. The molecular weight excluding hydrogens is 304 g/mol. The molecule has 1 saturated heterocycles. The average molecular weight is 323 g/mol. The molecule has 3 heterocycles. The fourth-order valence-electron chi connectivity index (χ4n) is 2.98. The fourth-order valence-corrected chi connectivity index (χ4v) is 2.98. The van der Waals surface area contributed by atoms with E-state index in [1.54, 1.807) is 0 Å². The smallest absolute Gasteiger partial charge is 0.280 e. The van der Waals surface area contributed by atoms with Gasteiger partial charge < -0.3 is 4.90 Å². The highest BCUT2D eigenvalue weighted by molar-refractivity contribution is 5.78. The molecule has 3 rings (SSSR count). The summed E-state index contributed by atoms with van der Waals surface area (Å²) in [7, 11) is 0. The van der Waals surface area contributed by atoms with Gasteiger partial charge in [-0.2, -0.15) is 14.6 Å². The summed E-state index contributed by atoms with van der Waals surface area (Å²) in [5.74, 6) is 0.365. The number of fused-ring (bicyclic) bond motifs is 1. The molecule has 2 aromatic rings. The number of rotatable bonds is 3. The zero-order valence-corrected chi connectivity index (χ0v) is 13.1. The Morgan fingerprint density at radius 3 is 2.61 bits per heavy atom. The first-order chi connectivity index (χ1) is 11.0. The van der Waals surface area contributed by atoms with Gasteiger partial charge in [0, 0.05) is 30.6 Å². The molecule has 0 aliphatic carbocycles. The molecule has 23 heavy (non-hydrogen) atoms. The second-order valence-corrected chi connectivity index (χ2v) is 6.13. The molecule has 0 N–H and O–H groups in total. The van der Waals surface area contributed by atoms with E-state index in [4.69, 9.17) is 0 Å². The summed E-state index contributed by atoms with van der Waals surface area (Å²) in [5, 5.41) is 3.79. The van der Waals surface area contributed by atoms with E-state index in [1.807, 2.05) is 18.7 Å². The van der Waals surface area contributed by atoms with E-state index in [1.165, 1.54) is 12.4 Å². The van der Waals surface area contributed by atoms with Crippen molar-refractivity contribution >= 4 is 11.7 Å². The molecule has 1 aliphatic rings. The van der Waals surface area contributed by atoms with Crippen molar-refractivity contribution in [1.82, 2.24) is 24.5 Å². The molecule has 0 bridgehead atoms. The zero-order valence-electron chi connectivity index (χ0n) is 13.1. The molecule has 0 aromatic carbocycles. The second-order valence-electron chi connectivity index (χ2n) is 6.13. The van der Waals surface area contributed by atoms with Crippen LogP contribution in [0.1, 0.15) is 50.4 Å². The first-order valence-corrected chi connectivity index (χ1v) is 7.75. The number of hydrogen-bond acceptors (Lipinski definition) is 4. The molecule has 1 fully saturated rings. The van der Waals surface area contributed by atoms with Crippen LogP contribution in [-0.2, 0) is 4.79 Å². The first-order valence-electron chi connectivity index (χ1n) is 7.75. The minimum Gasteiger partial charge on any atom is -0.342 e. The van der Waals surface area contributed by atoms with Gasteiger partial charge in [-0.1, -0.05) is 13.8 Å². The monoisotopic (exact) mass is 323 g/mol. The van der Waals surface area contributed by atoms with Gasteiger partial charge in [-0.05, 0) is 18.9 Å². The summed E-state index contributed by atoms with van der Waals surface area (Å²) in [6.45, 7) is 5.02. The number of nitrogens with zero attached hydrogens (tertiary/aromatic N) is 5. The van der Waals surface area contributed by atoms with Gasteiger partial charge in [0.05, 0.1) is 0 Å². The lowest BCUT2D eigenvalue weighted by Gasteiger charge is -2.33. The molecule has 0 spiro atoms. The highest BCUT2D eigenvalue weighted by atomic mass is 19.3. The maximum absolute atomic E-state index is 13.2. The number of amides is 1. The van der Waals surface area contributed by atoms with Crippen LogP contribution in [0.4, 0.5) is 8.78 Å². The van der Waals surface area contributed by atoms with Crippen LogP contribution in [0.5, 0.6) is 0 Å². The lowest BCUT2D eigenvalue weighted by molar-refractivity contribution is -0.135. The summed E-state index contributed by atoms with van der Waals surface area (Å²) in [4.78, 5) is 22.1. The second kappa shape index (κ2) is 6.17. The minimum absolute atomic E-state index is 0.0255. The van der Waals surface area contributed by atoms with Crippen molar-refractivity contribution in [1.29, 1.82) is 0 Å². The highest BCUT2D eigenvalue weighted by Crippen LogP contribution is 2.30. The highest BCUT2D eigenvalue weighted by Gasteiger charge is 2.27. The Morgan fingerprint density at radius 1 is 1.30 bits per heavy atom. The largest absolute Gasteiger partial charge is 0.342 e. The third-order valence-electron chi connectivity index (χ3n) is 4.24. The molecule has 0 saturated carbocycles. The minimum atomic E-state index is -2.64. The summed E-state index contributed by atoms with van der Waals surface area (Å²) in [6, 6.07) is 1.41. The Kier molecular flexibility index (Phi) is 4.23. The number of carbonyl (C=O) groups excluding carboxylic acids is 1. The molecule has 124 valence electrons. The Morgan fingerprint density at radius 2 is 2.00 bits per heavy atom. The Balaban J connectivity index is 1.81. The summed E-state index contributed by atoms with van der Waals surface area (Å²) in [6.07, 6.45) is 0.0299. The van der Waals surface area contributed by atoms with Crippen molar-refractivity contribution < 1.29 is 13.6 Å². The van der Waals surface area contributed by atoms with Crippen molar-refractivity contribution in [3.8, 4) is 0 Å². The van der Waals surface area contributed by atoms with E-state index in [-0.39, 0.29) is 29.2 Å². The Hall–Kier alpha value is -2.12. The van der Waals surface area contributed by atoms with Gasteiger partial charge in [0.15, 0.2) is 0 Å². The van der Waals surface area contributed by atoms with Crippen LogP contribution in [0.3, 0.4) is 0 Å². The molecule has 1 amide bonds.